The van der Waals surface area contributed by atoms with E-state index in [1.54, 1.807) is 4.68 Å². The van der Waals surface area contributed by atoms with Crippen LogP contribution in [0.1, 0.15) is 17.4 Å². The van der Waals surface area contributed by atoms with Gasteiger partial charge in [-0.15, -0.1) is 5.10 Å². The average molecular weight is 410 g/mol. The summed E-state index contributed by atoms with van der Waals surface area (Å²) in [7, 11) is 0. The van der Waals surface area contributed by atoms with Crippen molar-refractivity contribution in [1.29, 1.82) is 0 Å². The molecule has 0 fully saturated rings. The van der Waals surface area contributed by atoms with Crippen LogP contribution in [0.2, 0.25) is 0 Å². The van der Waals surface area contributed by atoms with Crippen molar-refractivity contribution in [3.05, 3.63) is 39.0 Å². The molecule has 0 amide bonds. The third-order valence-corrected chi connectivity index (χ3v) is 3.71. The summed E-state index contributed by atoms with van der Waals surface area (Å²) in [6, 6.07) is 5.93. The fraction of sp³-hybridized carbons (Fsp3) is 0.200. The lowest BCUT2D eigenvalue weighted by atomic mass is 10.3. The highest BCUT2D eigenvalue weighted by molar-refractivity contribution is 9.11. The number of hydrogen-bond acceptors (Lipinski definition) is 2. The van der Waals surface area contributed by atoms with Gasteiger partial charge in [-0.25, -0.2) is 4.68 Å². The fourth-order valence-electron chi connectivity index (χ4n) is 1.24. The van der Waals surface area contributed by atoms with Crippen molar-refractivity contribution in [1.82, 2.24) is 15.0 Å². The summed E-state index contributed by atoms with van der Waals surface area (Å²) in [6.07, 6.45) is 1.91. The van der Waals surface area contributed by atoms with Gasteiger partial charge in [-0.2, -0.15) is 0 Å². The van der Waals surface area contributed by atoms with Gasteiger partial charge >= 0.3 is 0 Å². The number of hydrogen-bond donors (Lipinski definition) is 0. The van der Waals surface area contributed by atoms with Crippen LogP contribution in [0.4, 0.5) is 0 Å². The molecular formula is C10H8Br3N3. The first-order valence-corrected chi connectivity index (χ1v) is 7.10. The first-order valence-electron chi connectivity index (χ1n) is 4.59. The number of halogens is 3. The summed E-state index contributed by atoms with van der Waals surface area (Å²) in [5.74, 6) is 0. The molecule has 0 aliphatic heterocycles. The highest BCUT2D eigenvalue weighted by atomic mass is 79.9. The summed E-state index contributed by atoms with van der Waals surface area (Å²) in [5.41, 5.74) is 1.87. The molecule has 0 spiro atoms. The van der Waals surface area contributed by atoms with Gasteiger partial charge in [0.2, 0.25) is 0 Å². The van der Waals surface area contributed by atoms with Crippen molar-refractivity contribution in [2.24, 2.45) is 0 Å². The molecule has 0 aliphatic rings. The third kappa shape index (κ3) is 2.55. The van der Waals surface area contributed by atoms with Crippen molar-refractivity contribution in [2.45, 2.75) is 11.8 Å². The lowest BCUT2D eigenvalue weighted by Gasteiger charge is -2.03. The fourth-order valence-corrected chi connectivity index (χ4v) is 2.23. The second-order valence-electron chi connectivity index (χ2n) is 3.30. The van der Waals surface area contributed by atoms with E-state index < -0.39 is 0 Å². The molecule has 16 heavy (non-hydrogen) atoms. The van der Waals surface area contributed by atoms with Gasteiger partial charge in [0.25, 0.3) is 0 Å². The molecule has 0 saturated heterocycles. The maximum atomic E-state index is 4.10. The topological polar surface area (TPSA) is 30.7 Å². The van der Waals surface area contributed by atoms with Crippen LogP contribution in [0.3, 0.4) is 0 Å². The first kappa shape index (κ1) is 12.3. The maximum absolute atomic E-state index is 4.10. The van der Waals surface area contributed by atoms with E-state index in [-0.39, 0.29) is 4.83 Å². The zero-order valence-electron chi connectivity index (χ0n) is 8.36. The van der Waals surface area contributed by atoms with E-state index in [1.165, 1.54) is 0 Å². The lowest BCUT2D eigenvalue weighted by molar-refractivity contribution is 0.794. The number of aromatic nitrogens is 3. The normalized spacial score (nSPS) is 12.8. The summed E-state index contributed by atoms with van der Waals surface area (Å²) in [4.78, 5) is 0.201. The van der Waals surface area contributed by atoms with Crippen LogP contribution in [0, 0.1) is 0 Å². The minimum absolute atomic E-state index is 0.201. The Kier molecular flexibility index (Phi) is 3.81. The zero-order valence-corrected chi connectivity index (χ0v) is 13.1. The Balaban J connectivity index is 2.46. The third-order valence-electron chi connectivity index (χ3n) is 2.07. The Bertz CT molecular complexity index is 508. The smallest absolute Gasteiger partial charge is 0.0965 e. The predicted octanol–water partition coefficient (Wildman–Crippen LogP) is 4.25. The summed E-state index contributed by atoms with van der Waals surface area (Å²) in [5, 5.41) is 8.19. The Morgan fingerprint density at radius 2 is 2.06 bits per heavy atom. The molecule has 1 atom stereocenters. The van der Waals surface area contributed by atoms with Gasteiger partial charge in [-0.3, -0.25) is 0 Å². The molecule has 0 bridgehead atoms. The highest BCUT2D eigenvalue weighted by Gasteiger charge is 2.09. The van der Waals surface area contributed by atoms with Crippen molar-refractivity contribution in [3.63, 3.8) is 0 Å². The summed E-state index contributed by atoms with van der Waals surface area (Å²) < 4.78 is 3.74. The molecule has 0 N–H and O–H groups in total. The van der Waals surface area contributed by atoms with Crippen LogP contribution in [-0.4, -0.2) is 15.0 Å². The van der Waals surface area contributed by atoms with Crippen molar-refractivity contribution in [2.75, 3.05) is 0 Å². The number of rotatable bonds is 2. The molecule has 1 aromatic heterocycles. The highest BCUT2D eigenvalue weighted by Crippen LogP contribution is 2.26. The minimum Gasteiger partial charge on any atom is -0.219 e. The maximum Gasteiger partial charge on any atom is 0.0965 e. The van der Waals surface area contributed by atoms with Gasteiger partial charge in [0.05, 0.1) is 22.4 Å². The molecule has 0 saturated carbocycles. The van der Waals surface area contributed by atoms with E-state index in [9.17, 15) is 0 Å². The van der Waals surface area contributed by atoms with Gasteiger partial charge in [0.15, 0.2) is 0 Å². The summed E-state index contributed by atoms with van der Waals surface area (Å²) >= 11 is 10.4. The lowest BCUT2D eigenvalue weighted by Crippen LogP contribution is -1.96. The largest absolute Gasteiger partial charge is 0.219 e. The Morgan fingerprint density at radius 1 is 1.31 bits per heavy atom. The van der Waals surface area contributed by atoms with E-state index >= 15 is 0 Å². The van der Waals surface area contributed by atoms with Crippen LogP contribution in [0.25, 0.3) is 5.69 Å². The molecule has 1 unspecified atom stereocenters. The van der Waals surface area contributed by atoms with E-state index in [2.05, 4.69) is 58.1 Å². The van der Waals surface area contributed by atoms with Crippen LogP contribution in [0.15, 0.2) is 33.3 Å². The second kappa shape index (κ2) is 4.98. The number of nitrogens with zero attached hydrogens (tertiary/aromatic N) is 3. The molecular weight excluding hydrogens is 402 g/mol. The first-order chi connectivity index (χ1) is 7.58. The molecule has 2 rings (SSSR count). The Morgan fingerprint density at radius 3 is 2.69 bits per heavy atom. The van der Waals surface area contributed by atoms with Crippen LogP contribution in [-0.2, 0) is 0 Å². The average Bonchev–Trinajstić information content (AvgIpc) is 2.70. The van der Waals surface area contributed by atoms with E-state index in [4.69, 9.17) is 0 Å². The Hall–Kier alpha value is -0.200. The van der Waals surface area contributed by atoms with Gasteiger partial charge in [0.1, 0.15) is 0 Å². The monoisotopic (exact) mass is 407 g/mol. The van der Waals surface area contributed by atoms with Crippen LogP contribution < -0.4 is 0 Å². The number of benzene rings is 1. The van der Waals surface area contributed by atoms with Crippen molar-refractivity contribution in [3.8, 4) is 5.69 Å². The summed E-state index contributed by atoms with van der Waals surface area (Å²) in [6.45, 7) is 2.02. The Labute approximate surface area is 119 Å². The molecule has 2 aromatic rings. The molecule has 3 nitrogen and oxygen atoms in total. The second-order valence-corrected chi connectivity index (χ2v) is 6.44. The van der Waals surface area contributed by atoms with Crippen molar-refractivity contribution < 1.29 is 0 Å². The minimum atomic E-state index is 0.201. The van der Waals surface area contributed by atoms with Gasteiger partial charge < -0.3 is 0 Å². The molecule has 1 aromatic carbocycles. The van der Waals surface area contributed by atoms with E-state index in [0.717, 1.165) is 20.3 Å². The predicted molar refractivity (Wildman–Crippen MR) is 74.1 cm³/mol. The van der Waals surface area contributed by atoms with E-state index in [1.807, 2.05) is 31.3 Å². The quantitative estimate of drug-likeness (QED) is 0.694. The molecule has 0 aliphatic carbocycles. The number of alkyl halides is 1. The van der Waals surface area contributed by atoms with Gasteiger partial charge in [-0.1, -0.05) is 37.1 Å². The van der Waals surface area contributed by atoms with Gasteiger partial charge in [0, 0.05) is 8.95 Å². The van der Waals surface area contributed by atoms with Crippen LogP contribution >= 0.6 is 47.8 Å². The molecule has 0 radical (unpaired) electrons. The SMILES string of the molecule is CC(Br)c1cn(-c2cc(Br)ccc2Br)nn1. The standard InChI is InChI=1S/C10H8Br3N3/c1-6(11)9-5-16(15-14-9)10-4-7(12)2-3-8(10)13/h2-6H,1H3. The van der Waals surface area contributed by atoms with Crippen molar-refractivity contribution >= 4 is 47.8 Å². The molecule has 1 heterocycles. The molecule has 6 heteroatoms. The van der Waals surface area contributed by atoms with E-state index in [0.29, 0.717) is 0 Å². The molecule has 84 valence electrons. The zero-order chi connectivity index (χ0) is 11.7. The van der Waals surface area contributed by atoms with Crippen LogP contribution in [0.5, 0.6) is 0 Å². The van der Waals surface area contributed by atoms with Gasteiger partial charge in [-0.05, 0) is 41.1 Å².